The fourth-order valence-electron chi connectivity index (χ4n) is 3.09. The van der Waals surface area contributed by atoms with Gasteiger partial charge in [-0.15, -0.1) is 0 Å². The molecule has 0 radical (unpaired) electrons. The first-order chi connectivity index (χ1) is 9.51. The monoisotopic (exact) mass is 301 g/mol. The Morgan fingerprint density at radius 1 is 1.35 bits per heavy atom. The van der Waals surface area contributed by atoms with Gasteiger partial charge < -0.3 is 9.26 Å². The van der Waals surface area contributed by atoms with Crippen molar-refractivity contribution in [3.63, 3.8) is 0 Å². The van der Waals surface area contributed by atoms with Gasteiger partial charge in [0.15, 0.2) is 5.82 Å². The Bertz CT molecular complexity index is 585. The molecule has 2 aliphatic rings. The highest BCUT2D eigenvalue weighted by Gasteiger charge is 2.46. The van der Waals surface area contributed by atoms with Crippen LogP contribution >= 0.6 is 0 Å². The quantitative estimate of drug-likeness (QED) is 0.803. The maximum absolute atomic E-state index is 12.0. The fourth-order valence-corrected chi connectivity index (χ4v) is 4.27. The molecule has 0 spiro atoms. The van der Waals surface area contributed by atoms with E-state index in [9.17, 15) is 8.42 Å². The van der Waals surface area contributed by atoms with E-state index in [0.717, 1.165) is 0 Å². The molecule has 1 aromatic heterocycles. The van der Waals surface area contributed by atoms with E-state index in [4.69, 9.17) is 9.26 Å². The summed E-state index contributed by atoms with van der Waals surface area (Å²) < 4.78 is 36.5. The molecule has 1 aromatic rings. The smallest absolute Gasteiger partial charge is 0.232 e. The van der Waals surface area contributed by atoms with Crippen molar-refractivity contribution in [2.75, 3.05) is 32.1 Å². The predicted octanol–water partition coefficient (Wildman–Crippen LogP) is 0.390. The fraction of sp³-hybridized carbons (Fsp3) is 0.833. The zero-order valence-corrected chi connectivity index (χ0v) is 12.5. The van der Waals surface area contributed by atoms with Crippen LogP contribution in [0.1, 0.15) is 24.6 Å². The normalized spacial score (nSPS) is 31.4. The highest BCUT2D eigenvalue weighted by atomic mass is 32.2. The number of fused-ring (bicyclic) bond motifs is 1. The van der Waals surface area contributed by atoms with E-state index in [-0.39, 0.29) is 23.5 Å². The lowest BCUT2D eigenvalue weighted by molar-refractivity contribution is 0.00994. The molecule has 0 saturated carbocycles. The Hall–Kier alpha value is -0.990. The summed E-state index contributed by atoms with van der Waals surface area (Å²) >= 11 is 0. The van der Waals surface area contributed by atoms with Crippen LogP contribution in [0.4, 0.5) is 0 Å². The summed E-state index contributed by atoms with van der Waals surface area (Å²) in [5, 5.41) is 3.82. The van der Waals surface area contributed by atoms with Gasteiger partial charge in [-0.05, 0) is 19.8 Å². The third-order valence-electron chi connectivity index (χ3n) is 4.22. The van der Waals surface area contributed by atoms with E-state index in [1.54, 1.807) is 18.2 Å². The number of ether oxygens (including phenoxy) is 1. The summed E-state index contributed by atoms with van der Waals surface area (Å²) in [6.45, 7) is 5.62. The molecule has 0 unspecified atom stereocenters. The van der Waals surface area contributed by atoms with Gasteiger partial charge in [0, 0.05) is 19.0 Å². The van der Waals surface area contributed by atoms with E-state index in [1.807, 2.05) is 0 Å². The molecule has 2 aliphatic heterocycles. The van der Waals surface area contributed by atoms with Crippen LogP contribution in [-0.2, 0) is 14.8 Å². The van der Waals surface area contributed by atoms with E-state index in [2.05, 4.69) is 10.1 Å². The van der Waals surface area contributed by atoms with Crippen molar-refractivity contribution < 1.29 is 17.7 Å². The Labute approximate surface area is 118 Å². The number of aromatic nitrogens is 2. The summed E-state index contributed by atoms with van der Waals surface area (Å²) in [5.41, 5.74) is 0. The van der Waals surface area contributed by atoms with E-state index in [0.29, 0.717) is 38.0 Å². The minimum Gasteiger partial charge on any atom is -0.380 e. The Kier molecular flexibility index (Phi) is 3.55. The van der Waals surface area contributed by atoms with Crippen LogP contribution in [0.15, 0.2) is 4.52 Å². The van der Waals surface area contributed by atoms with Crippen LogP contribution in [0.3, 0.4) is 0 Å². The predicted molar refractivity (Wildman–Crippen MR) is 70.6 cm³/mol. The van der Waals surface area contributed by atoms with Gasteiger partial charge in [-0.2, -0.15) is 4.98 Å². The standard InChI is InChI=1S/C12H19N3O4S/c1-3-20(16,17)15-4-9-6-18-7-11(10(9)5-15)12-13-8(2)14-19-12/h9-11H,3-7H2,1-2H3/t9-,10-,11-/m0/s1. The van der Waals surface area contributed by atoms with Crippen molar-refractivity contribution in [3.05, 3.63) is 11.7 Å². The molecule has 7 nitrogen and oxygen atoms in total. The maximum atomic E-state index is 12.0. The molecule has 0 bridgehead atoms. The van der Waals surface area contributed by atoms with Crippen molar-refractivity contribution in [1.29, 1.82) is 0 Å². The second kappa shape index (κ2) is 5.09. The molecular formula is C12H19N3O4S. The number of sulfonamides is 1. The Balaban J connectivity index is 1.83. The van der Waals surface area contributed by atoms with Crippen LogP contribution in [0.25, 0.3) is 0 Å². The lowest BCUT2D eigenvalue weighted by Gasteiger charge is -2.30. The number of nitrogens with zero attached hydrogens (tertiary/aromatic N) is 3. The maximum Gasteiger partial charge on any atom is 0.232 e. The summed E-state index contributed by atoms with van der Waals surface area (Å²) in [4.78, 5) is 4.28. The topological polar surface area (TPSA) is 85.5 Å². The molecule has 8 heteroatoms. The van der Waals surface area contributed by atoms with Gasteiger partial charge in [-0.25, -0.2) is 12.7 Å². The van der Waals surface area contributed by atoms with E-state index >= 15 is 0 Å². The van der Waals surface area contributed by atoms with Gasteiger partial charge in [0.1, 0.15) is 0 Å². The first kappa shape index (κ1) is 14.0. The van der Waals surface area contributed by atoms with Gasteiger partial charge >= 0.3 is 0 Å². The summed E-state index contributed by atoms with van der Waals surface area (Å²) in [7, 11) is -3.15. The van der Waals surface area contributed by atoms with Crippen LogP contribution in [0, 0.1) is 18.8 Å². The van der Waals surface area contributed by atoms with Crippen molar-refractivity contribution in [1.82, 2.24) is 14.4 Å². The SMILES string of the molecule is CCS(=O)(=O)N1C[C@H]2COC[C@H](c3nc(C)no3)[C@H]2C1. The van der Waals surface area contributed by atoms with Crippen molar-refractivity contribution in [2.24, 2.45) is 11.8 Å². The second-order valence-electron chi connectivity index (χ2n) is 5.47. The van der Waals surface area contributed by atoms with Crippen LogP contribution in [0.5, 0.6) is 0 Å². The van der Waals surface area contributed by atoms with Crippen molar-refractivity contribution in [3.8, 4) is 0 Å². The average molecular weight is 301 g/mol. The van der Waals surface area contributed by atoms with Gasteiger partial charge in [0.05, 0.1) is 24.9 Å². The summed E-state index contributed by atoms with van der Waals surface area (Å²) in [6, 6.07) is 0. The second-order valence-corrected chi connectivity index (χ2v) is 7.72. The average Bonchev–Trinajstić information content (AvgIpc) is 3.04. The van der Waals surface area contributed by atoms with Gasteiger partial charge in [0.2, 0.25) is 15.9 Å². The molecule has 2 saturated heterocycles. The zero-order valence-electron chi connectivity index (χ0n) is 11.7. The number of hydrogen-bond acceptors (Lipinski definition) is 6. The summed E-state index contributed by atoms with van der Waals surface area (Å²) in [5.74, 6) is 1.70. The first-order valence-electron chi connectivity index (χ1n) is 6.87. The number of hydrogen-bond donors (Lipinski definition) is 0. The van der Waals surface area contributed by atoms with Crippen LogP contribution in [-0.4, -0.2) is 54.9 Å². The first-order valence-corrected chi connectivity index (χ1v) is 8.48. The molecule has 20 heavy (non-hydrogen) atoms. The summed E-state index contributed by atoms with van der Waals surface area (Å²) in [6.07, 6.45) is 0. The van der Waals surface area contributed by atoms with Gasteiger partial charge in [-0.1, -0.05) is 5.16 Å². The highest BCUT2D eigenvalue weighted by Crippen LogP contribution is 2.39. The lowest BCUT2D eigenvalue weighted by atomic mass is 9.83. The van der Waals surface area contributed by atoms with Gasteiger partial charge in [-0.3, -0.25) is 0 Å². The Morgan fingerprint density at radius 3 is 2.80 bits per heavy atom. The molecule has 0 aromatic carbocycles. The number of aryl methyl sites for hydroxylation is 1. The number of rotatable bonds is 3. The molecule has 0 aliphatic carbocycles. The molecule has 0 N–H and O–H groups in total. The molecule has 112 valence electrons. The Morgan fingerprint density at radius 2 is 2.15 bits per heavy atom. The van der Waals surface area contributed by atoms with Crippen LogP contribution in [0.2, 0.25) is 0 Å². The van der Waals surface area contributed by atoms with Crippen LogP contribution < -0.4 is 0 Å². The molecule has 0 amide bonds. The van der Waals surface area contributed by atoms with Gasteiger partial charge in [0.25, 0.3) is 0 Å². The highest BCUT2D eigenvalue weighted by molar-refractivity contribution is 7.89. The molecule has 3 atom stereocenters. The largest absolute Gasteiger partial charge is 0.380 e. The molecular weight excluding hydrogens is 282 g/mol. The van der Waals surface area contributed by atoms with E-state index < -0.39 is 10.0 Å². The molecule has 3 rings (SSSR count). The molecule has 3 heterocycles. The third kappa shape index (κ3) is 2.36. The minimum atomic E-state index is -3.15. The zero-order chi connectivity index (χ0) is 14.3. The lowest BCUT2D eigenvalue weighted by Crippen LogP contribution is -2.33. The van der Waals surface area contributed by atoms with Crippen molar-refractivity contribution in [2.45, 2.75) is 19.8 Å². The third-order valence-corrected chi connectivity index (χ3v) is 6.04. The molecule has 2 fully saturated rings. The minimum absolute atomic E-state index is 0.00740. The van der Waals surface area contributed by atoms with E-state index in [1.165, 1.54) is 0 Å². The van der Waals surface area contributed by atoms with Crippen molar-refractivity contribution >= 4 is 10.0 Å².